The van der Waals surface area contributed by atoms with Crippen molar-refractivity contribution in [1.82, 2.24) is 15.1 Å². The lowest BCUT2D eigenvalue weighted by molar-refractivity contribution is -0.121. The van der Waals surface area contributed by atoms with Crippen molar-refractivity contribution < 1.29 is 9.59 Å². The van der Waals surface area contributed by atoms with E-state index in [0.29, 0.717) is 31.2 Å². The largest absolute Gasteiger partial charge is 0.350 e. The van der Waals surface area contributed by atoms with Gasteiger partial charge in [-0.25, -0.2) is 4.79 Å². The van der Waals surface area contributed by atoms with Crippen LogP contribution in [0.2, 0.25) is 5.02 Å². The Labute approximate surface area is 152 Å². The average molecular weight is 358 g/mol. The highest BCUT2D eigenvalue weighted by Crippen LogP contribution is 2.16. The maximum absolute atomic E-state index is 12.4. The third-order valence-electron chi connectivity index (χ3n) is 4.11. The summed E-state index contributed by atoms with van der Waals surface area (Å²) in [7, 11) is 0. The van der Waals surface area contributed by atoms with E-state index < -0.39 is 0 Å². The zero-order valence-electron chi connectivity index (χ0n) is 13.8. The number of benzene rings is 2. The Bertz CT molecular complexity index is 751. The lowest BCUT2D eigenvalue weighted by Gasteiger charge is -2.18. The van der Waals surface area contributed by atoms with Gasteiger partial charge < -0.3 is 15.1 Å². The van der Waals surface area contributed by atoms with Crippen LogP contribution in [-0.2, 0) is 17.9 Å². The zero-order valence-corrected chi connectivity index (χ0v) is 14.6. The highest BCUT2D eigenvalue weighted by molar-refractivity contribution is 6.30. The summed E-state index contributed by atoms with van der Waals surface area (Å²) < 4.78 is 0. The van der Waals surface area contributed by atoms with Gasteiger partial charge in [0.2, 0.25) is 5.91 Å². The van der Waals surface area contributed by atoms with Crippen LogP contribution in [0.25, 0.3) is 0 Å². The Kier molecular flexibility index (Phi) is 5.56. The normalized spacial score (nSPS) is 14.0. The number of carbonyl (C=O) groups is 2. The molecule has 1 aliphatic rings. The predicted octanol–water partition coefficient (Wildman–Crippen LogP) is 2.89. The van der Waals surface area contributed by atoms with Crippen LogP contribution in [0.3, 0.4) is 0 Å². The van der Waals surface area contributed by atoms with E-state index in [1.54, 1.807) is 15.9 Å². The minimum absolute atomic E-state index is 0.0811. The maximum Gasteiger partial charge on any atom is 0.320 e. The topological polar surface area (TPSA) is 52.7 Å². The first-order chi connectivity index (χ1) is 12.1. The molecule has 1 heterocycles. The monoisotopic (exact) mass is 357 g/mol. The number of halogens is 1. The average Bonchev–Trinajstić information content (AvgIpc) is 2.94. The summed E-state index contributed by atoms with van der Waals surface area (Å²) in [5.41, 5.74) is 2.02. The molecule has 5 nitrogen and oxygen atoms in total. The molecule has 1 fully saturated rings. The summed E-state index contributed by atoms with van der Waals surface area (Å²) in [6.45, 7) is 2.21. The van der Waals surface area contributed by atoms with Crippen LogP contribution < -0.4 is 5.32 Å². The summed E-state index contributed by atoms with van der Waals surface area (Å²) in [4.78, 5) is 27.8. The number of amides is 3. The van der Waals surface area contributed by atoms with E-state index in [1.807, 2.05) is 48.5 Å². The lowest BCUT2D eigenvalue weighted by Crippen LogP contribution is -2.39. The molecular formula is C19H20ClN3O2. The van der Waals surface area contributed by atoms with Gasteiger partial charge in [-0.15, -0.1) is 0 Å². The minimum Gasteiger partial charge on any atom is -0.350 e. The van der Waals surface area contributed by atoms with Gasteiger partial charge in [0.15, 0.2) is 0 Å². The molecule has 1 N–H and O–H groups in total. The first-order valence-corrected chi connectivity index (χ1v) is 8.58. The number of rotatable bonds is 6. The van der Waals surface area contributed by atoms with Crippen LogP contribution in [0.1, 0.15) is 11.1 Å². The van der Waals surface area contributed by atoms with Gasteiger partial charge in [0.25, 0.3) is 0 Å². The molecule has 0 spiro atoms. The number of urea groups is 1. The van der Waals surface area contributed by atoms with Gasteiger partial charge >= 0.3 is 6.03 Å². The second kappa shape index (κ2) is 8.03. The second-order valence-corrected chi connectivity index (χ2v) is 6.45. The molecule has 130 valence electrons. The number of hydrogen-bond acceptors (Lipinski definition) is 2. The molecule has 0 saturated carbocycles. The Morgan fingerprint density at radius 1 is 1.00 bits per heavy atom. The molecular weight excluding hydrogens is 338 g/mol. The van der Waals surface area contributed by atoms with Gasteiger partial charge in [0.05, 0.1) is 0 Å². The Morgan fingerprint density at radius 3 is 2.48 bits per heavy atom. The van der Waals surface area contributed by atoms with Crippen LogP contribution in [0.15, 0.2) is 54.6 Å². The van der Waals surface area contributed by atoms with E-state index in [2.05, 4.69) is 5.32 Å². The van der Waals surface area contributed by atoms with Gasteiger partial charge in [-0.3, -0.25) is 4.79 Å². The fourth-order valence-electron chi connectivity index (χ4n) is 2.81. The molecule has 0 aromatic heterocycles. The smallest absolute Gasteiger partial charge is 0.320 e. The van der Waals surface area contributed by atoms with Crippen LogP contribution in [0, 0.1) is 0 Å². The zero-order chi connectivity index (χ0) is 17.6. The minimum atomic E-state index is -0.151. The van der Waals surface area contributed by atoms with Crippen LogP contribution in [0.5, 0.6) is 0 Å². The number of nitrogens with one attached hydrogen (secondary N) is 1. The summed E-state index contributed by atoms with van der Waals surface area (Å²) in [5.74, 6) is -0.151. The van der Waals surface area contributed by atoms with E-state index in [4.69, 9.17) is 11.6 Å². The lowest BCUT2D eigenvalue weighted by atomic mass is 10.2. The van der Waals surface area contributed by atoms with Crippen molar-refractivity contribution in [3.05, 3.63) is 70.7 Å². The van der Waals surface area contributed by atoms with Crippen LogP contribution in [-0.4, -0.2) is 41.4 Å². The number of carbonyl (C=O) groups excluding carboxylic acids is 2. The van der Waals surface area contributed by atoms with Crippen molar-refractivity contribution in [1.29, 1.82) is 0 Å². The van der Waals surface area contributed by atoms with Crippen molar-refractivity contribution in [3.8, 4) is 0 Å². The molecule has 0 bridgehead atoms. The van der Waals surface area contributed by atoms with Gasteiger partial charge in [0, 0.05) is 31.2 Å². The highest BCUT2D eigenvalue weighted by atomic mass is 35.5. The van der Waals surface area contributed by atoms with Gasteiger partial charge in [-0.05, 0) is 23.3 Å². The van der Waals surface area contributed by atoms with E-state index in [1.165, 1.54) is 0 Å². The van der Waals surface area contributed by atoms with Gasteiger partial charge in [-0.2, -0.15) is 0 Å². The van der Waals surface area contributed by atoms with Gasteiger partial charge in [0.1, 0.15) is 6.54 Å². The first-order valence-electron chi connectivity index (χ1n) is 8.21. The van der Waals surface area contributed by atoms with E-state index >= 15 is 0 Å². The van der Waals surface area contributed by atoms with Crippen LogP contribution >= 0.6 is 11.6 Å². The summed E-state index contributed by atoms with van der Waals surface area (Å²) in [5, 5.41) is 3.50. The summed E-state index contributed by atoms with van der Waals surface area (Å²) in [6.07, 6.45) is 0. The molecule has 0 radical (unpaired) electrons. The van der Waals surface area contributed by atoms with Crippen molar-refractivity contribution in [2.75, 3.05) is 19.6 Å². The first kappa shape index (κ1) is 17.3. The molecule has 6 heteroatoms. The van der Waals surface area contributed by atoms with Gasteiger partial charge in [-0.1, -0.05) is 54.1 Å². The standard InChI is InChI=1S/C19H20ClN3O2/c20-17-8-4-7-16(11-17)13-22-9-10-23(19(22)25)14-18(24)21-12-15-5-2-1-3-6-15/h1-8,11H,9-10,12-14H2,(H,21,24). The molecule has 0 atom stereocenters. The Hall–Kier alpha value is -2.53. The molecule has 2 aromatic rings. The van der Waals surface area contributed by atoms with Crippen molar-refractivity contribution in [2.45, 2.75) is 13.1 Å². The molecule has 1 aliphatic heterocycles. The maximum atomic E-state index is 12.4. The van der Waals surface area contributed by atoms with Crippen molar-refractivity contribution >= 4 is 23.5 Å². The molecule has 1 saturated heterocycles. The summed E-state index contributed by atoms with van der Waals surface area (Å²) >= 11 is 5.98. The third kappa shape index (κ3) is 4.73. The van der Waals surface area contributed by atoms with E-state index in [-0.39, 0.29) is 18.5 Å². The molecule has 2 aromatic carbocycles. The fraction of sp³-hybridized carbons (Fsp3) is 0.263. The molecule has 0 unspecified atom stereocenters. The Balaban J connectivity index is 1.49. The molecule has 3 amide bonds. The second-order valence-electron chi connectivity index (χ2n) is 6.02. The van der Waals surface area contributed by atoms with E-state index in [0.717, 1.165) is 11.1 Å². The Morgan fingerprint density at radius 2 is 1.72 bits per heavy atom. The third-order valence-corrected chi connectivity index (χ3v) is 4.35. The SMILES string of the molecule is O=C(CN1CCN(Cc2cccc(Cl)c2)C1=O)NCc1ccccc1. The number of hydrogen-bond donors (Lipinski definition) is 1. The molecule has 0 aliphatic carbocycles. The fourth-order valence-corrected chi connectivity index (χ4v) is 3.02. The van der Waals surface area contributed by atoms with Crippen LogP contribution in [0.4, 0.5) is 4.79 Å². The van der Waals surface area contributed by atoms with Crippen molar-refractivity contribution in [3.63, 3.8) is 0 Å². The predicted molar refractivity (Wildman–Crippen MR) is 97.1 cm³/mol. The molecule has 25 heavy (non-hydrogen) atoms. The highest BCUT2D eigenvalue weighted by Gasteiger charge is 2.29. The molecule has 3 rings (SSSR count). The van der Waals surface area contributed by atoms with E-state index in [9.17, 15) is 9.59 Å². The number of nitrogens with zero attached hydrogens (tertiary/aromatic N) is 2. The van der Waals surface area contributed by atoms with Crippen molar-refractivity contribution in [2.24, 2.45) is 0 Å². The summed E-state index contributed by atoms with van der Waals surface area (Å²) in [6, 6.07) is 17.0. The quantitative estimate of drug-likeness (QED) is 0.864.